The topological polar surface area (TPSA) is 110 Å². The van der Waals surface area contributed by atoms with Gasteiger partial charge in [0.15, 0.2) is 11.6 Å². The molecular formula is C54H58BrF12N3O6. The van der Waals surface area contributed by atoms with Crippen molar-refractivity contribution in [1.82, 2.24) is 10.2 Å². The summed E-state index contributed by atoms with van der Waals surface area (Å²) in [4.78, 5) is 27.5. The van der Waals surface area contributed by atoms with E-state index in [9.17, 15) is 62.3 Å². The zero-order valence-corrected chi connectivity index (χ0v) is 43.0. The van der Waals surface area contributed by atoms with Crippen molar-refractivity contribution in [2.45, 2.75) is 107 Å². The molecule has 2 saturated carbocycles. The van der Waals surface area contributed by atoms with Crippen LogP contribution < -0.4 is 24.3 Å². The van der Waals surface area contributed by atoms with Crippen LogP contribution in [0.4, 0.5) is 52.7 Å². The van der Waals surface area contributed by atoms with E-state index in [0.717, 1.165) is 75.9 Å². The number of nitrogens with zero attached hydrogens (tertiary/aromatic N) is 2. The Balaban J connectivity index is 0.000000224. The van der Waals surface area contributed by atoms with E-state index >= 15 is 0 Å². The Hall–Kier alpha value is -5.53. The number of rotatable bonds is 15. The first kappa shape index (κ1) is 61.3. The lowest BCUT2D eigenvalue weighted by Crippen LogP contribution is -2.50. The van der Waals surface area contributed by atoms with Gasteiger partial charge < -0.3 is 24.3 Å². The minimum Gasteiger partial charge on any atom is -0.493 e. The smallest absolute Gasteiger partial charge is 0.493 e. The highest BCUT2D eigenvalue weighted by Crippen LogP contribution is 2.50. The molecule has 2 aliphatic carbocycles. The van der Waals surface area contributed by atoms with Crippen molar-refractivity contribution < 1.29 is 81.2 Å². The Labute approximate surface area is 441 Å². The second-order valence-corrected chi connectivity index (χ2v) is 19.3. The summed E-state index contributed by atoms with van der Waals surface area (Å²) < 4.78 is 171. The molecule has 0 radical (unpaired) electrons. The van der Waals surface area contributed by atoms with Gasteiger partial charge in [-0.3, -0.25) is 14.5 Å². The summed E-state index contributed by atoms with van der Waals surface area (Å²) in [5.41, 5.74) is -2.60. The molecule has 4 fully saturated rings. The molecule has 76 heavy (non-hydrogen) atoms. The second-order valence-electron chi connectivity index (χ2n) is 18.8. The van der Waals surface area contributed by atoms with Crippen LogP contribution in [0.25, 0.3) is 0 Å². The zero-order valence-electron chi connectivity index (χ0n) is 41.4. The van der Waals surface area contributed by atoms with Crippen LogP contribution in [0.1, 0.15) is 93.4 Å². The molecule has 416 valence electrons. The SMILES string of the molecule is CC#N.FC(F)(F)c1ccc(OC[C@H]2CCCNC2)cc1.O=C(CBr)C1(c2ccccc2OC(F)(F)F)CCC1.O=C(CN1CCC[C@H](COc2ccc(C(F)(F)F)cc2)C1)C1(c2ccccc2OC(F)(F)F)CCC1. The second kappa shape index (κ2) is 27.2. The molecule has 4 aliphatic rings. The third kappa shape index (κ3) is 17.8. The summed E-state index contributed by atoms with van der Waals surface area (Å²) in [6.45, 7) is 5.58. The lowest BCUT2D eigenvalue weighted by Gasteiger charge is -2.43. The monoisotopic (exact) mass is 1150 g/mol. The highest BCUT2D eigenvalue weighted by molar-refractivity contribution is 9.09. The van der Waals surface area contributed by atoms with Crippen molar-refractivity contribution in [2.24, 2.45) is 11.8 Å². The predicted molar refractivity (Wildman–Crippen MR) is 261 cm³/mol. The maximum absolute atomic E-state index is 13.4. The molecule has 4 aromatic rings. The van der Waals surface area contributed by atoms with Gasteiger partial charge in [0.2, 0.25) is 0 Å². The molecule has 2 saturated heterocycles. The molecule has 1 N–H and O–H groups in total. The standard InChI is InChI=1S/C26H27F6NO3.C13H12BrF3O2.C13H16F3NO.C2H3N/c27-25(28,29)19-8-10-20(11-9-19)35-17-18-5-3-14-33(15-18)16-23(34)24(12-4-13-24)21-6-1-2-7-22(21)36-26(30,31)32;14-8-11(18)12(6-3-7-12)9-4-1-2-5-10(9)19-13(15,16)17;14-13(15,16)11-3-5-12(6-4-11)18-9-10-2-1-7-17-8-10;1-2-3/h1-2,6-11,18H,3-5,12-17H2;1-2,4-5H,3,6-8H2;3-6,10,17H,1-2,7-9H2;1H3/t18-;;10-;/m0.0./s1. The van der Waals surface area contributed by atoms with Crippen LogP contribution in [0.3, 0.4) is 0 Å². The van der Waals surface area contributed by atoms with Crippen molar-refractivity contribution in [3.8, 4) is 29.1 Å². The van der Waals surface area contributed by atoms with Crippen molar-refractivity contribution in [3.05, 3.63) is 119 Å². The summed E-state index contributed by atoms with van der Waals surface area (Å²) in [5, 5.41) is 10.7. The lowest BCUT2D eigenvalue weighted by atomic mass is 9.61. The van der Waals surface area contributed by atoms with E-state index in [1.54, 1.807) is 24.3 Å². The lowest BCUT2D eigenvalue weighted by molar-refractivity contribution is -0.276. The highest BCUT2D eigenvalue weighted by Gasteiger charge is 2.49. The summed E-state index contributed by atoms with van der Waals surface area (Å²) >= 11 is 3.10. The van der Waals surface area contributed by atoms with Gasteiger partial charge in [0.1, 0.15) is 23.0 Å². The fourth-order valence-electron chi connectivity index (χ4n) is 9.50. The fraction of sp³-hybridized carbons (Fsp3) is 0.500. The van der Waals surface area contributed by atoms with Gasteiger partial charge in [-0.25, -0.2) is 0 Å². The number of hydrogen-bond acceptors (Lipinski definition) is 9. The van der Waals surface area contributed by atoms with Crippen LogP contribution in [0.2, 0.25) is 0 Å². The van der Waals surface area contributed by atoms with Gasteiger partial charge in [0, 0.05) is 43.0 Å². The van der Waals surface area contributed by atoms with Crippen LogP contribution in [-0.4, -0.2) is 80.5 Å². The Bertz CT molecular complexity index is 2500. The average Bonchev–Trinajstić information content (AvgIpc) is 3.33. The molecule has 0 spiro atoms. The van der Waals surface area contributed by atoms with E-state index in [0.29, 0.717) is 75.0 Å². The normalized spacial score (nSPS) is 19.1. The Morgan fingerprint density at radius 2 is 1.05 bits per heavy atom. The van der Waals surface area contributed by atoms with Gasteiger partial charge in [0.05, 0.1) is 53.1 Å². The quantitative estimate of drug-likeness (QED) is 0.0919. The van der Waals surface area contributed by atoms with Crippen molar-refractivity contribution in [3.63, 3.8) is 0 Å². The first-order chi connectivity index (χ1) is 35.8. The number of benzene rings is 4. The molecule has 0 bridgehead atoms. The van der Waals surface area contributed by atoms with Crippen LogP contribution in [0.15, 0.2) is 97.1 Å². The van der Waals surface area contributed by atoms with E-state index in [1.165, 1.54) is 61.5 Å². The molecule has 2 aliphatic heterocycles. The van der Waals surface area contributed by atoms with Crippen LogP contribution in [0, 0.1) is 23.2 Å². The molecule has 0 aromatic heterocycles. The molecule has 4 aromatic carbocycles. The third-order valence-electron chi connectivity index (χ3n) is 13.6. The summed E-state index contributed by atoms with van der Waals surface area (Å²) in [5.74, 6) is 0.518. The van der Waals surface area contributed by atoms with Gasteiger partial charge >= 0.3 is 25.1 Å². The van der Waals surface area contributed by atoms with Crippen molar-refractivity contribution >= 4 is 27.5 Å². The Kier molecular flexibility index (Phi) is 21.9. The molecule has 0 amide bonds. The minimum absolute atomic E-state index is 0.0760. The number of Topliss-reactive ketones (excluding diaryl/α,β-unsaturated/α-hetero) is 2. The molecular weight excluding hydrogens is 1090 g/mol. The number of nitriles is 1. The van der Waals surface area contributed by atoms with E-state index in [1.807, 2.05) is 4.90 Å². The number of ketones is 2. The van der Waals surface area contributed by atoms with Crippen LogP contribution in [-0.2, 0) is 32.8 Å². The predicted octanol–water partition coefficient (Wildman–Crippen LogP) is 14.0. The number of ether oxygens (including phenoxy) is 4. The largest absolute Gasteiger partial charge is 0.573 e. The number of halogens is 13. The van der Waals surface area contributed by atoms with Gasteiger partial charge in [-0.1, -0.05) is 65.2 Å². The molecule has 0 unspecified atom stereocenters. The van der Waals surface area contributed by atoms with Gasteiger partial charge in [0.25, 0.3) is 0 Å². The summed E-state index contributed by atoms with van der Waals surface area (Å²) in [6.07, 6.45) is -10.8. The van der Waals surface area contributed by atoms with E-state index < -0.39 is 47.0 Å². The maximum atomic E-state index is 13.4. The van der Waals surface area contributed by atoms with Crippen LogP contribution >= 0.6 is 15.9 Å². The number of hydrogen-bond donors (Lipinski definition) is 1. The first-order valence-corrected chi connectivity index (χ1v) is 25.6. The van der Waals surface area contributed by atoms with E-state index in [4.69, 9.17) is 14.7 Å². The van der Waals surface area contributed by atoms with Crippen molar-refractivity contribution in [2.75, 3.05) is 51.3 Å². The molecule has 9 nitrogen and oxygen atoms in total. The fourth-order valence-corrected chi connectivity index (χ4v) is 10.0. The van der Waals surface area contributed by atoms with Gasteiger partial charge in [-0.15, -0.1) is 26.3 Å². The van der Waals surface area contributed by atoms with Crippen molar-refractivity contribution in [1.29, 1.82) is 5.26 Å². The van der Waals surface area contributed by atoms with E-state index in [-0.39, 0.29) is 46.4 Å². The molecule has 2 heterocycles. The first-order valence-electron chi connectivity index (χ1n) is 24.5. The van der Waals surface area contributed by atoms with Crippen LogP contribution in [0.5, 0.6) is 23.0 Å². The van der Waals surface area contributed by atoms with Gasteiger partial charge in [-0.2, -0.15) is 31.6 Å². The molecule has 22 heteroatoms. The minimum atomic E-state index is -4.85. The van der Waals surface area contributed by atoms with E-state index in [2.05, 4.69) is 30.7 Å². The Morgan fingerprint density at radius 3 is 1.43 bits per heavy atom. The summed E-state index contributed by atoms with van der Waals surface area (Å²) in [6, 6.07) is 22.8. The van der Waals surface area contributed by atoms with Gasteiger partial charge in [-0.05, 0) is 125 Å². The number of para-hydroxylation sites is 2. The number of likely N-dealkylation sites (tertiary alicyclic amines) is 1. The number of carbonyl (C=O) groups excluding carboxylic acids is 2. The highest BCUT2D eigenvalue weighted by atomic mass is 79.9. The summed E-state index contributed by atoms with van der Waals surface area (Å²) in [7, 11) is 0. The number of piperidine rings is 2. The average molecular weight is 1150 g/mol. The Morgan fingerprint density at radius 1 is 0.632 bits per heavy atom. The maximum Gasteiger partial charge on any atom is 0.573 e. The number of nitrogens with one attached hydrogen (secondary N) is 1. The third-order valence-corrected chi connectivity index (χ3v) is 14.1. The molecule has 2 atom stereocenters. The zero-order chi connectivity index (χ0) is 55.8. The number of alkyl halides is 13. The molecule has 8 rings (SSSR count). The number of carbonyl (C=O) groups is 2.